The van der Waals surface area contributed by atoms with Crippen molar-refractivity contribution >= 4 is 10.2 Å². The van der Waals surface area contributed by atoms with E-state index in [4.69, 9.17) is 5.14 Å². The van der Waals surface area contributed by atoms with Crippen LogP contribution in [0.5, 0.6) is 0 Å². The molecule has 0 aliphatic heterocycles. The number of hydrogen-bond donors (Lipinski definition) is 1. The van der Waals surface area contributed by atoms with Gasteiger partial charge in [-0.05, 0) is 25.3 Å². The number of rotatable bonds is 4. The van der Waals surface area contributed by atoms with Gasteiger partial charge in [0.2, 0.25) is 0 Å². The fourth-order valence-electron chi connectivity index (χ4n) is 1.78. The highest BCUT2D eigenvalue weighted by Crippen LogP contribution is 2.29. The van der Waals surface area contributed by atoms with Gasteiger partial charge in [0.05, 0.1) is 0 Å². The SMILES string of the molecule is Cc1cccc(CN(C2CC2)S(N)(=O)=O)c1. The molecule has 0 aromatic heterocycles. The van der Waals surface area contributed by atoms with E-state index in [1.165, 1.54) is 4.31 Å². The Kier molecular flexibility index (Phi) is 3.01. The molecule has 0 spiro atoms. The average Bonchev–Trinajstić information content (AvgIpc) is 2.95. The fourth-order valence-corrected chi connectivity index (χ4v) is 2.74. The maximum atomic E-state index is 11.4. The van der Waals surface area contributed by atoms with E-state index in [-0.39, 0.29) is 6.04 Å². The molecular weight excluding hydrogens is 224 g/mol. The van der Waals surface area contributed by atoms with Crippen LogP contribution in [0.1, 0.15) is 24.0 Å². The third-order valence-corrected chi connectivity index (χ3v) is 3.78. The molecule has 1 fully saturated rings. The number of benzene rings is 1. The molecule has 1 aromatic carbocycles. The van der Waals surface area contributed by atoms with Crippen LogP contribution in [0.3, 0.4) is 0 Å². The van der Waals surface area contributed by atoms with Crippen molar-refractivity contribution in [3.05, 3.63) is 35.4 Å². The molecule has 0 atom stereocenters. The number of aryl methyl sites for hydroxylation is 1. The molecule has 4 nitrogen and oxygen atoms in total. The Balaban J connectivity index is 2.18. The number of nitrogens with zero attached hydrogens (tertiary/aromatic N) is 1. The largest absolute Gasteiger partial charge is 0.277 e. The van der Waals surface area contributed by atoms with Crippen LogP contribution in [0.25, 0.3) is 0 Å². The minimum atomic E-state index is -3.58. The van der Waals surface area contributed by atoms with E-state index in [1.54, 1.807) is 0 Å². The van der Waals surface area contributed by atoms with E-state index in [9.17, 15) is 8.42 Å². The second kappa shape index (κ2) is 4.16. The first-order valence-electron chi connectivity index (χ1n) is 5.32. The van der Waals surface area contributed by atoms with Gasteiger partial charge in [0.25, 0.3) is 10.2 Å². The summed E-state index contributed by atoms with van der Waals surface area (Å²) < 4.78 is 24.2. The van der Waals surface area contributed by atoms with Gasteiger partial charge in [-0.25, -0.2) is 5.14 Å². The molecule has 2 rings (SSSR count). The lowest BCUT2D eigenvalue weighted by Gasteiger charge is -2.18. The summed E-state index contributed by atoms with van der Waals surface area (Å²) in [7, 11) is -3.58. The van der Waals surface area contributed by atoms with Crippen molar-refractivity contribution in [2.75, 3.05) is 0 Å². The number of hydrogen-bond acceptors (Lipinski definition) is 2. The van der Waals surface area contributed by atoms with Crippen molar-refractivity contribution in [2.24, 2.45) is 5.14 Å². The second-order valence-corrected chi connectivity index (χ2v) is 5.81. The van der Waals surface area contributed by atoms with Gasteiger partial charge in [-0.1, -0.05) is 29.8 Å². The molecule has 0 saturated heterocycles. The zero-order valence-electron chi connectivity index (χ0n) is 9.26. The Hall–Kier alpha value is -0.910. The van der Waals surface area contributed by atoms with E-state index in [0.29, 0.717) is 6.54 Å². The third-order valence-electron chi connectivity index (χ3n) is 2.70. The molecule has 0 unspecified atom stereocenters. The van der Waals surface area contributed by atoms with Crippen LogP contribution < -0.4 is 5.14 Å². The van der Waals surface area contributed by atoms with Crippen molar-refractivity contribution in [2.45, 2.75) is 32.4 Å². The maximum absolute atomic E-state index is 11.4. The molecule has 2 N–H and O–H groups in total. The summed E-state index contributed by atoms with van der Waals surface area (Å²) in [5.74, 6) is 0. The Labute approximate surface area is 96.2 Å². The zero-order valence-corrected chi connectivity index (χ0v) is 10.1. The summed E-state index contributed by atoms with van der Waals surface area (Å²) in [6.07, 6.45) is 1.84. The maximum Gasteiger partial charge on any atom is 0.277 e. The highest BCUT2D eigenvalue weighted by atomic mass is 32.2. The third kappa shape index (κ3) is 2.81. The van der Waals surface area contributed by atoms with Crippen LogP contribution in [0, 0.1) is 6.92 Å². The summed E-state index contributed by atoms with van der Waals surface area (Å²) in [5, 5.41) is 5.20. The van der Waals surface area contributed by atoms with Crippen molar-refractivity contribution in [3.8, 4) is 0 Å². The normalized spacial score (nSPS) is 16.7. The molecule has 1 aliphatic carbocycles. The van der Waals surface area contributed by atoms with Crippen LogP contribution in [-0.4, -0.2) is 18.8 Å². The lowest BCUT2D eigenvalue weighted by molar-refractivity contribution is 0.399. The molecule has 1 aromatic rings. The zero-order chi connectivity index (χ0) is 11.8. The molecule has 1 saturated carbocycles. The van der Waals surface area contributed by atoms with E-state index < -0.39 is 10.2 Å². The summed E-state index contributed by atoms with van der Waals surface area (Å²) in [6.45, 7) is 2.37. The predicted molar refractivity (Wildman–Crippen MR) is 62.9 cm³/mol. The van der Waals surface area contributed by atoms with Crippen LogP contribution in [-0.2, 0) is 16.8 Å². The standard InChI is InChI=1S/C11H16N2O2S/c1-9-3-2-4-10(7-9)8-13(11-5-6-11)16(12,14)15/h2-4,7,11H,5-6,8H2,1H3,(H2,12,14,15). The van der Waals surface area contributed by atoms with Crippen LogP contribution in [0.4, 0.5) is 0 Å². The van der Waals surface area contributed by atoms with Crippen molar-refractivity contribution in [1.82, 2.24) is 4.31 Å². The van der Waals surface area contributed by atoms with Crippen LogP contribution >= 0.6 is 0 Å². The van der Waals surface area contributed by atoms with Gasteiger partial charge in [0.1, 0.15) is 0 Å². The minimum Gasteiger partial charge on any atom is -0.216 e. The Morgan fingerprint density at radius 3 is 2.62 bits per heavy atom. The van der Waals surface area contributed by atoms with E-state index in [2.05, 4.69) is 0 Å². The summed E-state index contributed by atoms with van der Waals surface area (Å²) in [4.78, 5) is 0. The van der Waals surface area contributed by atoms with Gasteiger partial charge in [-0.2, -0.15) is 12.7 Å². The Morgan fingerprint density at radius 1 is 1.44 bits per heavy atom. The van der Waals surface area contributed by atoms with Crippen molar-refractivity contribution < 1.29 is 8.42 Å². The van der Waals surface area contributed by atoms with Gasteiger partial charge in [-0.15, -0.1) is 0 Å². The molecule has 0 bridgehead atoms. The average molecular weight is 240 g/mol. The van der Waals surface area contributed by atoms with Gasteiger partial charge in [0.15, 0.2) is 0 Å². The molecule has 1 aliphatic rings. The lowest BCUT2D eigenvalue weighted by Crippen LogP contribution is -2.37. The first-order chi connectivity index (χ1) is 7.47. The Bertz CT molecular complexity index is 481. The van der Waals surface area contributed by atoms with E-state index in [1.807, 2.05) is 31.2 Å². The molecule has 0 radical (unpaired) electrons. The highest BCUT2D eigenvalue weighted by Gasteiger charge is 2.35. The quantitative estimate of drug-likeness (QED) is 0.858. The predicted octanol–water partition coefficient (Wildman–Crippen LogP) is 1.16. The first-order valence-corrected chi connectivity index (χ1v) is 6.82. The second-order valence-electron chi connectivity index (χ2n) is 4.31. The molecular formula is C11H16N2O2S. The first kappa shape index (κ1) is 11.6. The molecule has 0 heterocycles. The molecule has 88 valence electrons. The van der Waals surface area contributed by atoms with Gasteiger partial charge in [-0.3, -0.25) is 0 Å². The monoisotopic (exact) mass is 240 g/mol. The topological polar surface area (TPSA) is 63.4 Å². The van der Waals surface area contributed by atoms with Gasteiger partial charge >= 0.3 is 0 Å². The smallest absolute Gasteiger partial charge is 0.216 e. The highest BCUT2D eigenvalue weighted by molar-refractivity contribution is 7.86. The Morgan fingerprint density at radius 2 is 2.12 bits per heavy atom. The molecule has 16 heavy (non-hydrogen) atoms. The summed E-state index contributed by atoms with van der Waals surface area (Å²) in [6, 6.07) is 7.94. The van der Waals surface area contributed by atoms with Crippen molar-refractivity contribution in [1.29, 1.82) is 0 Å². The molecule has 0 amide bonds. The van der Waals surface area contributed by atoms with Crippen molar-refractivity contribution in [3.63, 3.8) is 0 Å². The van der Waals surface area contributed by atoms with E-state index >= 15 is 0 Å². The van der Waals surface area contributed by atoms with Gasteiger partial charge in [0, 0.05) is 12.6 Å². The molecule has 5 heteroatoms. The lowest BCUT2D eigenvalue weighted by atomic mass is 10.1. The minimum absolute atomic E-state index is 0.107. The van der Waals surface area contributed by atoms with E-state index in [0.717, 1.165) is 24.0 Å². The fraction of sp³-hybridized carbons (Fsp3) is 0.455. The summed E-state index contributed by atoms with van der Waals surface area (Å²) >= 11 is 0. The van der Waals surface area contributed by atoms with Crippen LogP contribution in [0.15, 0.2) is 24.3 Å². The number of nitrogens with two attached hydrogens (primary N) is 1. The van der Waals surface area contributed by atoms with Gasteiger partial charge < -0.3 is 0 Å². The van der Waals surface area contributed by atoms with Crippen LogP contribution in [0.2, 0.25) is 0 Å². The summed E-state index contributed by atoms with van der Waals surface area (Å²) in [5.41, 5.74) is 2.11.